The number of anilines is 1. The molecular formula is C13H15N3OS. The van der Waals surface area contributed by atoms with Crippen molar-refractivity contribution < 1.29 is 4.79 Å². The molecule has 0 aliphatic rings. The number of primary amides is 1. The maximum absolute atomic E-state index is 11.5. The van der Waals surface area contributed by atoms with Crippen molar-refractivity contribution in [3.63, 3.8) is 0 Å². The van der Waals surface area contributed by atoms with E-state index in [1.54, 1.807) is 6.20 Å². The molecule has 1 heterocycles. The number of benzene rings is 1. The lowest BCUT2D eigenvalue weighted by atomic mass is 10.1. The Morgan fingerprint density at radius 1 is 1.44 bits per heavy atom. The molecule has 0 bridgehead atoms. The third-order valence-corrected chi connectivity index (χ3v) is 3.50. The molecule has 0 aliphatic heterocycles. The first kappa shape index (κ1) is 12.6. The number of amides is 1. The van der Waals surface area contributed by atoms with E-state index in [1.807, 2.05) is 29.6 Å². The fraction of sp³-hybridized carbons (Fsp3) is 0.231. The van der Waals surface area contributed by atoms with Crippen molar-refractivity contribution in [1.82, 2.24) is 4.98 Å². The van der Waals surface area contributed by atoms with Crippen LogP contribution in [-0.4, -0.2) is 10.9 Å². The van der Waals surface area contributed by atoms with E-state index in [0.717, 1.165) is 12.1 Å². The second kappa shape index (κ2) is 5.64. The van der Waals surface area contributed by atoms with Gasteiger partial charge in [-0.1, -0.05) is 19.1 Å². The third-order valence-electron chi connectivity index (χ3n) is 2.66. The molecule has 1 amide bonds. The molecule has 2 rings (SSSR count). The minimum atomic E-state index is -0.572. The Hall–Kier alpha value is -1.88. The first-order valence-electron chi connectivity index (χ1n) is 5.75. The second-order valence-electron chi connectivity index (χ2n) is 3.90. The summed E-state index contributed by atoms with van der Waals surface area (Å²) in [6.07, 6.45) is 2.66. The van der Waals surface area contributed by atoms with Gasteiger partial charge >= 0.3 is 0 Å². The number of nitrogens with one attached hydrogen (secondary N) is 1. The van der Waals surface area contributed by atoms with Gasteiger partial charge in [-0.3, -0.25) is 4.79 Å². The van der Waals surface area contributed by atoms with Gasteiger partial charge in [0, 0.05) is 17.3 Å². The standard InChI is InChI=1S/C13H15N3OS/c1-2-9-3-5-10(6-4-9)16-11(12(14)17)13-15-7-8-18-13/h3-8,11,16H,2H2,1H3,(H2,14,17). The quantitative estimate of drug-likeness (QED) is 0.868. The molecule has 1 aromatic heterocycles. The van der Waals surface area contributed by atoms with E-state index in [9.17, 15) is 4.79 Å². The van der Waals surface area contributed by atoms with E-state index in [4.69, 9.17) is 5.73 Å². The molecule has 2 aromatic rings. The fourth-order valence-corrected chi connectivity index (χ4v) is 2.33. The molecule has 1 unspecified atom stereocenters. The molecule has 0 spiro atoms. The summed E-state index contributed by atoms with van der Waals surface area (Å²) >= 11 is 1.41. The monoisotopic (exact) mass is 261 g/mol. The summed E-state index contributed by atoms with van der Waals surface area (Å²) in [6, 6.07) is 7.38. The number of hydrogen-bond acceptors (Lipinski definition) is 4. The summed E-state index contributed by atoms with van der Waals surface area (Å²) in [6.45, 7) is 2.10. The van der Waals surface area contributed by atoms with Crippen molar-refractivity contribution in [3.05, 3.63) is 46.4 Å². The van der Waals surface area contributed by atoms with Crippen molar-refractivity contribution in [2.24, 2.45) is 5.73 Å². The van der Waals surface area contributed by atoms with Gasteiger partial charge in [-0.15, -0.1) is 11.3 Å². The predicted octanol–water partition coefficient (Wildman–Crippen LogP) is 2.34. The summed E-state index contributed by atoms with van der Waals surface area (Å²) < 4.78 is 0. The van der Waals surface area contributed by atoms with Gasteiger partial charge < -0.3 is 11.1 Å². The third kappa shape index (κ3) is 2.87. The molecule has 94 valence electrons. The lowest BCUT2D eigenvalue weighted by molar-refractivity contribution is -0.118. The molecule has 0 saturated heterocycles. The highest BCUT2D eigenvalue weighted by Gasteiger charge is 2.19. The van der Waals surface area contributed by atoms with Crippen molar-refractivity contribution >= 4 is 22.9 Å². The molecule has 18 heavy (non-hydrogen) atoms. The van der Waals surface area contributed by atoms with Crippen molar-refractivity contribution in [2.45, 2.75) is 19.4 Å². The zero-order valence-electron chi connectivity index (χ0n) is 10.1. The number of carbonyl (C=O) groups is 1. The van der Waals surface area contributed by atoms with Crippen molar-refractivity contribution in [2.75, 3.05) is 5.32 Å². The van der Waals surface area contributed by atoms with Gasteiger partial charge in [0.1, 0.15) is 5.01 Å². The molecule has 1 atom stereocenters. The van der Waals surface area contributed by atoms with Crippen LogP contribution in [0.25, 0.3) is 0 Å². The van der Waals surface area contributed by atoms with Gasteiger partial charge in [0.2, 0.25) is 5.91 Å². The number of aryl methyl sites for hydroxylation is 1. The van der Waals surface area contributed by atoms with E-state index in [-0.39, 0.29) is 0 Å². The molecule has 0 radical (unpaired) electrons. The Balaban J connectivity index is 2.16. The maximum Gasteiger partial charge on any atom is 0.247 e. The Labute approximate surface area is 110 Å². The minimum absolute atomic E-state index is 0.426. The van der Waals surface area contributed by atoms with Crippen LogP contribution in [0.2, 0.25) is 0 Å². The van der Waals surface area contributed by atoms with E-state index >= 15 is 0 Å². The smallest absolute Gasteiger partial charge is 0.247 e. The number of hydrogen-bond donors (Lipinski definition) is 2. The minimum Gasteiger partial charge on any atom is -0.368 e. The molecule has 0 saturated carbocycles. The second-order valence-corrected chi connectivity index (χ2v) is 4.83. The highest BCUT2D eigenvalue weighted by Crippen LogP contribution is 2.21. The summed E-state index contributed by atoms with van der Waals surface area (Å²) in [5, 5.41) is 5.61. The lowest BCUT2D eigenvalue weighted by Gasteiger charge is -2.14. The van der Waals surface area contributed by atoms with Crippen LogP contribution in [-0.2, 0) is 11.2 Å². The normalized spacial score (nSPS) is 12.1. The molecule has 5 heteroatoms. The van der Waals surface area contributed by atoms with Crippen molar-refractivity contribution in [3.8, 4) is 0 Å². The number of thiazole rings is 1. The summed E-state index contributed by atoms with van der Waals surface area (Å²) in [4.78, 5) is 15.6. The lowest BCUT2D eigenvalue weighted by Crippen LogP contribution is -2.27. The predicted molar refractivity (Wildman–Crippen MR) is 73.5 cm³/mol. The average molecular weight is 261 g/mol. The van der Waals surface area contributed by atoms with Gasteiger partial charge in [0.25, 0.3) is 0 Å². The summed E-state index contributed by atoms with van der Waals surface area (Å²) in [5.74, 6) is -0.426. The zero-order chi connectivity index (χ0) is 13.0. The zero-order valence-corrected chi connectivity index (χ0v) is 10.9. The molecule has 1 aromatic carbocycles. The Kier molecular flexibility index (Phi) is 3.94. The first-order valence-corrected chi connectivity index (χ1v) is 6.63. The number of carbonyl (C=O) groups excluding carboxylic acids is 1. The van der Waals surface area contributed by atoms with E-state index in [2.05, 4.69) is 17.2 Å². The van der Waals surface area contributed by atoms with Gasteiger partial charge in [0.15, 0.2) is 6.04 Å². The molecule has 0 fully saturated rings. The van der Waals surface area contributed by atoms with E-state index in [1.165, 1.54) is 16.9 Å². The molecule has 4 nitrogen and oxygen atoms in total. The largest absolute Gasteiger partial charge is 0.368 e. The SMILES string of the molecule is CCc1ccc(NC(C(N)=O)c2nccs2)cc1. The maximum atomic E-state index is 11.5. The Morgan fingerprint density at radius 3 is 2.67 bits per heavy atom. The topological polar surface area (TPSA) is 68.0 Å². The number of rotatable bonds is 5. The van der Waals surface area contributed by atoms with Crippen LogP contribution >= 0.6 is 11.3 Å². The van der Waals surface area contributed by atoms with Crippen LogP contribution < -0.4 is 11.1 Å². The number of nitrogens with zero attached hydrogens (tertiary/aromatic N) is 1. The van der Waals surface area contributed by atoms with Gasteiger partial charge in [-0.05, 0) is 24.1 Å². The van der Waals surface area contributed by atoms with Crippen LogP contribution in [0.4, 0.5) is 5.69 Å². The summed E-state index contributed by atoms with van der Waals surface area (Å²) in [5.41, 5.74) is 7.52. The average Bonchev–Trinajstić information content (AvgIpc) is 2.90. The highest BCUT2D eigenvalue weighted by molar-refractivity contribution is 7.09. The van der Waals surface area contributed by atoms with Crippen molar-refractivity contribution in [1.29, 1.82) is 0 Å². The number of aromatic nitrogens is 1. The van der Waals surface area contributed by atoms with Gasteiger partial charge in [-0.2, -0.15) is 0 Å². The van der Waals surface area contributed by atoms with Crippen LogP contribution in [0.3, 0.4) is 0 Å². The van der Waals surface area contributed by atoms with Gasteiger partial charge in [-0.25, -0.2) is 4.98 Å². The number of nitrogens with two attached hydrogens (primary N) is 1. The Morgan fingerprint density at radius 2 is 2.17 bits per heavy atom. The highest BCUT2D eigenvalue weighted by atomic mass is 32.1. The molecular weight excluding hydrogens is 246 g/mol. The molecule has 0 aliphatic carbocycles. The fourth-order valence-electron chi connectivity index (χ4n) is 1.63. The first-order chi connectivity index (χ1) is 8.70. The van der Waals surface area contributed by atoms with E-state index in [0.29, 0.717) is 5.01 Å². The van der Waals surface area contributed by atoms with E-state index < -0.39 is 11.9 Å². The van der Waals surface area contributed by atoms with Crippen LogP contribution in [0.15, 0.2) is 35.8 Å². The van der Waals surface area contributed by atoms with Crippen LogP contribution in [0.1, 0.15) is 23.5 Å². The van der Waals surface area contributed by atoms with Crippen LogP contribution in [0, 0.1) is 0 Å². The summed E-state index contributed by atoms with van der Waals surface area (Å²) in [7, 11) is 0. The Bertz CT molecular complexity index is 508. The van der Waals surface area contributed by atoms with Gasteiger partial charge in [0.05, 0.1) is 0 Å². The molecule has 3 N–H and O–H groups in total. The van der Waals surface area contributed by atoms with Crippen LogP contribution in [0.5, 0.6) is 0 Å².